The van der Waals surface area contributed by atoms with Crippen LogP contribution in [0.25, 0.3) is 10.8 Å². The van der Waals surface area contributed by atoms with Crippen molar-refractivity contribution in [2.24, 2.45) is 5.92 Å². The highest BCUT2D eigenvalue weighted by Gasteiger charge is 2.34. The van der Waals surface area contributed by atoms with Gasteiger partial charge >= 0.3 is 12.1 Å². The van der Waals surface area contributed by atoms with Crippen molar-refractivity contribution in [1.82, 2.24) is 10.3 Å². The normalized spacial score (nSPS) is 22.1. The van der Waals surface area contributed by atoms with E-state index >= 15 is 0 Å². The van der Waals surface area contributed by atoms with Crippen LogP contribution in [-0.2, 0) is 11.0 Å². The van der Waals surface area contributed by atoms with Crippen molar-refractivity contribution in [3.63, 3.8) is 0 Å². The Kier molecular flexibility index (Phi) is 3.52. The number of aromatic nitrogens is 1. The van der Waals surface area contributed by atoms with Crippen molar-refractivity contribution in [3.8, 4) is 0 Å². The Balaban J connectivity index is 1.96. The molecule has 2 unspecified atom stereocenters. The van der Waals surface area contributed by atoms with Crippen LogP contribution in [0.1, 0.15) is 23.6 Å². The number of halogens is 3. The van der Waals surface area contributed by atoms with Gasteiger partial charge in [0.25, 0.3) is 0 Å². The lowest BCUT2D eigenvalue weighted by Gasteiger charge is -2.14. The van der Waals surface area contributed by atoms with Gasteiger partial charge in [-0.1, -0.05) is 12.1 Å². The van der Waals surface area contributed by atoms with E-state index in [9.17, 15) is 18.0 Å². The fraction of sp³-hybridized carbons (Fsp3) is 0.333. The first kappa shape index (κ1) is 14.8. The summed E-state index contributed by atoms with van der Waals surface area (Å²) in [6.45, 7) is 0.360. The molecule has 116 valence electrons. The molecule has 1 aromatic carbocycles. The molecule has 1 saturated heterocycles. The van der Waals surface area contributed by atoms with E-state index in [1.807, 2.05) is 0 Å². The Labute approximate surface area is 124 Å². The molecule has 0 bridgehead atoms. The molecule has 3 rings (SSSR count). The van der Waals surface area contributed by atoms with Crippen LogP contribution in [0.15, 0.2) is 30.6 Å². The summed E-state index contributed by atoms with van der Waals surface area (Å²) in [4.78, 5) is 14.6. The van der Waals surface area contributed by atoms with Crippen LogP contribution in [0.2, 0.25) is 0 Å². The van der Waals surface area contributed by atoms with Gasteiger partial charge in [-0.15, -0.1) is 0 Å². The van der Waals surface area contributed by atoms with E-state index in [1.165, 1.54) is 12.3 Å². The molecule has 2 atom stereocenters. The van der Waals surface area contributed by atoms with Gasteiger partial charge in [-0.25, -0.2) is 0 Å². The summed E-state index contributed by atoms with van der Waals surface area (Å²) in [5.74, 6) is -1.34. The van der Waals surface area contributed by atoms with Crippen molar-refractivity contribution in [3.05, 3.63) is 41.7 Å². The highest BCUT2D eigenvalue weighted by Crippen LogP contribution is 2.36. The molecule has 1 fully saturated rings. The van der Waals surface area contributed by atoms with Crippen LogP contribution in [0.3, 0.4) is 0 Å². The highest BCUT2D eigenvalue weighted by molar-refractivity contribution is 5.86. The minimum absolute atomic E-state index is 0.0963. The summed E-state index contributed by atoms with van der Waals surface area (Å²) in [6, 6.07) is 4.50. The van der Waals surface area contributed by atoms with E-state index < -0.39 is 23.6 Å². The molecular weight excluding hydrogens is 297 g/mol. The Morgan fingerprint density at radius 3 is 2.73 bits per heavy atom. The number of carbonyl (C=O) groups is 1. The number of hydrogen-bond donors (Lipinski definition) is 2. The second kappa shape index (κ2) is 5.24. The van der Waals surface area contributed by atoms with Gasteiger partial charge < -0.3 is 10.4 Å². The lowest BCUT2D eigenvalue weighted by atomic mass is 9.97. The zero-order valence-corrected chi connectivity index (χ0v) is 11.4. The number of nitrogens with one attached hydrogen (secondary N) is 1. The number of hydrogen-bond acceptors (Lipinski definition) is 3. The average molecular weight is 310 g/mol. The van der Waals surface area contributed by atoms with Gasteiger partial charge in [-0.3, -0.25) is 9.78 Å². The molecule has 22 heavy (non-hydrogen) atoms. The fourth-order valence-electron chi connectivity index (χ4n) is 2.82. The SMILES string of the molecule is O=C(O)C1CNC(c2ccc3c(C(F)(F)F)cncc3c2)C1. The molecule has 1 aliphatic heterocycles. The van der Waals surface area contributed by atoms with Crippen molar-refractivity contribution in [2.75, 3.05) is 6.54 Å². The van der Waals surface area contributed by atoms with E-state index in [1.54, 1.807) is 12.1 Å². The number of fused-ring (bicyclic) bond motifs is 1. The van der Waals surface area contributed by atoms with Gasteiger partial charge in [-0.2, -0.15) is 13.2 Å². The van der Waals surface area contributed by atoms with Crippen LogP contribution >= 0.6 is 0 Å². The Hall–Kier alpha value is -2.15. The van der Waals surface area contributed by atoms with Crippen molar-refractivity contribution in [1.29, 1.82) is 0 Å². The zero-order valence-electron chi connectivity index (χ0n) is 11.4. The predicted octanol–water partition coefficient (Wildman–Crippen LogP) is 2.99. The quantitative estimate of drug-likeness (QED) is 0.895. The largest absolute Gasteiger partial charge is 0.481 e. The Morgan fingerprint density at radius 2 is 2.09 bits per heavy atom. The minimum atomic E-state index is -4.45. The molecule has 0 aliphatic carbocycles. The average Bonchev–Trinajstić information content (AvgIpc) is 2.95. The van der Waals surface area contributed by atoms with Gasteiger partial charge in [0.15, 0.2) is 0 Å². The van der Waals surface area contributed by atoms with E-state index in [0.29, 0.717) is 18.4 Å². The third kappa shape index (κ3) is 2.64. The van der Waals surface area contributed by atoms with E-state index in [0.717, 1.165) is 11.8 Å². The van der Waals surface area contributed by atoms with Crippen molar-refractivity contribution < 1.29 is 23.1 Å². The maximum absolute atomic E-state index is 12.9. The molecule has 0 amide bonds. The number of aliphatic carboxylic acids is 1. The molecule has 7 heteroatoms. The Morgan fingerprint density at radius 1 is 1.32 bits per heavy atom. The molecule has 4 nitrogen and oxygen atoms in total. The van der Waals surface area contributed by atoms with Gasteiger partial charge in [-0.05, 0) is 23.4 Å². The lowest BCUT2D eigenvalue weighted by molar-refractivity contribution is -0.141. The fourth-order valence-corrected chi connectivity index (χ4v) is 2.82. The van der Waals surface area contributed by atoms with E-state index in [-0.39, 0.29) is 11.4 Å². The van der Waals surface area contributed by atoms with Gasteiger partial charge in [0, 0.05) is 30.4 Å². The topological polar surface area (TPSA) is 62.2 Å². The van der Waals surface area contributed by atoms with E-state index in [4.69, 9.17) is 5.11 Å². The number of rotatable bonds is 2. The molecule has 0 saturated carbocycles. The number of benzene rings is 1. The maximum atomic E-state index is 12.9. The molecular formula is C15H13F3N2O2. The van der Waals surface area contributed by atoms with Crippen molar-refractivity contribution in [2.45, 2.75) is 18.6 Å². The van der Waals surface area contributed by atoms with E-state index in [2.05, 4.69) is 10.3 Å². The van der Waals surface area contributed by atoms with Crippen LogP contribution < -0.4 is 5.32 Å². The highest BCUT2D eigenvalue weighted by atomic mass is 19.4. The third-order valence-electron chi connectivity index (χ3n) is 3.97. The third-order valence-corrected chi connectivity index (χ3v) is 3.97. The lowest BCUT2D eigenvalue weighted by Crippen LogP contribution is -2.17. The van der Waals surface area contributed by atoms with Crippen LogP contribution in [-0.4, -0.2) is 22.6 Å². The first-order valence-corrected chi connectivity index (χ1v) is 6.77. The summed E-state index contributed by atoms with van der Waals surface area (Å²) in [6.07, 6.45) is -1.82. The number of carboxylic acid groups (broad SMARTS) is 1. The number of alkyl halides is 3. The van der Waals surface area contributed by atoms with Crippen LogP contribution in [0.5, 0.6) is 0 Å². The second-order valence-electron chi connectivity index (χ2n) is 5.40. The Bertz CT molecular complexity index is 730. The summed E-state index contributed by atoms with van der Waals surface area (Å²) in [7, 11) is 0. The molecule has 1 aromatic heterocycles. The van der Waals surface area contributed by atoms with Gasteiger partial charge in [0.05, 0.1) is 11.5 Å². The molecule has 2 aromatic rings. The summed E-state index contributed by atoms with van der Waals surface area (Å²) in [5.41, 5.74) is 0.0109. The first-order valence-electron chi connectivity index (χ1n) is 6.77. The molecule has 0 radical (unpaired) electrons. The molecule has 2 N–H and O–H groups in total. The number of carboxylic acids is 1. The summed E-state index contributed by atoms with van der Waals surface area (Å²) >= 11 is 0. The van der Waals surface area contributed by atoms with Crippen LogP contribution in [0, 0.1) is 5.92 Å². The monoisotopic (exact) mass is 310 g/mol. The second-order valence-corrected chi connectivity index (χ2v) is 5.40. The van der Waals surface area contributed by atoms with Gasteiger partial charge in [0.1, 0.15) is 0 Å². The standard InChI is InChI=1S/C15H13F3N2O2/c16-15(17,18)12-7-19-5-9-3-8(1-2-11(9)12)13-4-10(6-20-13)14(21)22/h1-3,5,7,10,13,20H,4,6H2,(H,21,22). The molecule has 1 aliphatic rings. The molecule has 0 spiro atoms. The molecule has 2 heterocycles. The van der Waals surface area contributed by atoms with Gasteiger partial charge in [0.2, 0.25) is 0 Å². The number of nitrogens with zero attached hydrogens (tertiary/aromatic N) is 1. The minimum Gasteiger partial charge on any atom is -0.481 e. The van der Waals surface area contributed by atoms with Crippen LogP contribution in [0.4, 0.5) is 13.2 Å². The summed E-state index contributed by atoms with van der Waals surface area (Å²) in [5, 5.41) is 12.6. The predicted molar refractivity (Wildman–Crippen MR) is 73.2 cm³/mol. The zero-order chi connectivity index (χ0) is 15.9. The number of pyridine rings is 1. The summed E-state index contributed by atoms with van der Waals surface area (Å²) < 4.78 is 38.8. The smallest absolute Gasteiger partial charge is 0.418 e. The first-order chi connectivity index (χ1) is 10.4. The maximum Gasteiger partial charge on any atom is 0.418 e. The van der Waals surface area contributed by atoms with Crippen molar-refractivity contribution >= 4 is 16.7 Å².